The van der Waals surface area contributed by atoms with Crippen molar-refractivity contribution in [3.05, 3.63) is 107 Å². The number of carbonyl (C=O) groups is 1. The third-order valence-corrected chi connectivity index (χ3v) is 7.12. The minimum atomic E-state index is -0.341. The second kappa shape index (κ2) is 9.43. The van der Waals surface area contributed by atoms with Crippen molar-refractivity contribution in [2.24, 2.45) is 0 Å². The van der Waals surface area contributed by atoms with Crippen molar-refractivity contribution >= 4 is 23.5 Å². The van der Waals surface area contributed by atoms with Gasteiger partial charge in [-0.1, -0.05) is 72.4 Å². The van der Waals surface area contributed by atoms with Crippen LogP contribution in [0, 0.1) is 0 Å². The highest BCUT2D eigenvalue weighted by atomic mass is 32.2. The second-order valence-corrected chi connectivity index (χ2v) is 9.56. The molecule has 0 fully saturated rings. The summed E-state index contributed by atoms with van der Waals surface area (Å²) < 4.78 is 7.95. The molecule has 1 atom stereocenters. The van der Waals surface area contributed by atoms with Crippen LogP contribution in [0.25, 0.3) is 0 Å². The monoisotopic (exact) mass is 480 g/mol. The Morgan fingerprint density at radius 3 is 2.54 bits per heavy atom. The van der Waals surface area contributed by atoms with Crippen molar-refractivity contribution in [2.75, 3.05) is 5.32 Å². The lowest BCUT2D eigenvalue weighted by Gasteiger charge is -2.32. The first-order valence-electron chi connectivity index (χ1n) is 11.7. The van der Waals surface area contributed by atoms with Crippen LogP contribution in [0.2, 0.25) is 0 Å². The molecule has 1 aliphatic heterocycles. The number of para-hydroxylation sites is 1. The van der Waals surface area contributed by atoms with Gasteiger partial charge in [0.25, 0.3) is 0 Å². The summed E-state index contributed by atoms with van der Waals surface area (Å²) in [5.74, 6) is 3.11. The lowest BCUT2D eigenvalue weighted by atomic mass is 9.85. The van der Waals surface area contributed by atoms with E-state index in [-0.39, 0.29) is 11.8 Å². The van der Waals surface area contributed by atoms with Gasteiger partial charge in [0.05, 0.1) is 0 Å². The number of fused-ring (bicyclic) bond motifs is 1. The minimum absolute atomic E-state index is 0.165. The largest absolute Gasteiger partial charge is 0.457 e. The maximum Gasteiger partial charge on any atom is 0.227 e. The van der Waals surface area contributed by atoms with Gasteiger partial charge in [0.1, 0.15) is 17.5 Å². The number of ketones is 1. The Morgan fingerprint density at radius 1 is 0.943 bits per heavy atom. The number of anilines is 1. The van der Waals surface area contributed by atoms with Gasteiger partial charge < -0.3 is 10.1 Å². The Kier molecular flexibility index (Phi) is 5.84. The van der Waals surface area contributed by atoms with Crippen LogP contribution in [0.5, 0.6) is 11.5 Å². The molecule has 3 aromatic carbocycles. The van der Waals surface area contributed by atoms with Gasteiger partial charge in [-0.2, -0.15) is 4.98 Å². The number of benzene rings is 3. The summed E-state index contributed by atoms with van der Waals surface area (Å²) in [6, 6.07) is 27.6. The molecule has 35 heavy (non-hydrogen) atoms. The predicted molar refractivity (Wildman–Crippen MR) is 137 cm³/mol. The lowest BCUT2D eigenvalue weighted by molar-refractivity contribution is -0.116. The molecule has 4 aromatic rings. The number of carbonyl (C=O) groups excluding carboxylic acids is 1. The highest BCUT2D eigenvalue weighted by Gasteiger charge is 2.37. The smallest absolute Gasteiger partial charge is 0.227 e. The molecule has 0 radical (unpaired) electrons. The van der Waals surface area contributed by atoms with Gasteiger partial charge in [-0.25, -0.2) is 4.68 Å². The molecule has 0 spiro atoms. The molecule has 0 amide bonds. The number of hydrogen-bond donors (Lipinski definition) is 1. The number of nitrogens with one attached hydrogen (secondary N) is 1. The molecule has 0 saturated heterocycles. The molecule has 6 rings (SSSR count). The number of nitrogens with zero attached hydrogens (tertiary/aromatic N) is 3. The standard InChI is InChI=1S/C28H24N4O2S/c33-24-16-8-15-23-25(24)26(20-11-7-14-22(17-20)34-21-12-5-2-6-13-21)32-27(29-23)30-28(31-32)35-18-19-9-3-1-4-10-19/h1-7,9-14,17,26H,8,15-16,18H2,(H,29,30,31). The number of ether oxygens (including phenoxy) is 1. The van der Waals surface area contributed by atoms with Crippen molar-refractivity contribution in [3.63, 3.8) is 0 Å². The van der Waals surface area contributed by atoms with Crippen molar-refractivity contribution in [1.82, 2.24) is 14.8 Å². The van der Waals surface area contributed by atoms with Crippen LogP contribution in [0.1, 0.15) is 36.4 Å². The van der Waals surface area contributed by atoms with Crippen LogP contribution in [0.4, 0.5) is 5.95 Å². The van der Waals surface area contributed by atoms with Gasteiger partial charge >= 0.3 is 0 Å². The SMILES string of the molecule is O=C1CCCC2=C1C(c1cccc(Oc3ccccc3)c1)n1nc(SCc3ccccc3)nc1N2. The van der Waals surface area contributed by atoms with Crippen molar-refractivity contribution < 1.29 is 9.53 Å². The molecule has 1 aliphatic carbocycles. The molecule has 1 N–H and O–H groups in total. The molecule has 2 aliphatic rings. The fourth-order valence-electron chi connectivity index (χ4n) is 4.60. The van der Waals surface area contributed by atoms with E-state index in [0.717, 1.165) is 46.9 Å². The summed E-state index contributed by atoms with van der Waals surface area (Å²) in [4.78, 5) is 17.9. The number of hydrogen-bond acceptors (Lipinski definition) is 6. The first-order chi connectivity index (χ1) is 17.2. The Bertz CT molecular complexity index is 1400. The Labute approximate surface area is 208 Å². The van der Waals surface area contributed by atoms with Crippen LogP contribution >= 0.6 is 11.8 Å². The molecular weight excluding hydrogens is 456 g/mol. The van der Waals surface area contributed by atoms with Crippen molar-refractivity contribution in [1.29, 1.82) is 0 Å². The quantitative estimate of drug-likeness (QED) is 0.323. The van der Waals surface area contributed by atoms with E-state index in [1.807, 2.05) is 77.5 Å². The summed E-state index contributed by atoms with van der Waals surface area (Å²) in [5.41, 5.74) is 3.91. The highest BCUT2D eigenvalue weighted by Crippen LogP contribution is 2.41. The zero-order chi connectivity index (χ0) is 23.6. The third-order valence-electron chi connectivity index (χ3n) is 6.21. The van der Waals surface area contributed by atoms with Crippen LogP contribution < -0.4 is 10.1 Å². The number of Topliss-reactive ketones (excluding diaryl/α,β-unsaturated/α-hetero) is 1. The summed E-state index contributed by atoms with van der Waals surface area (Å²) in [6.07, 6.45) is 2.23. The number of rotatable bonds is 6. The fourth-order valence-corrected chi connectivity index (χ4v) is 5.39. The summed E-state index contributed by atoms with van der Waals surface area (Å²) in [7, 11) is 0. The van der Waals surface area contributed by atoms with E-state index >= 15 is 0 Å². The van der Waals surface area contributed by atoms with Crippen LogP contribution in [0.15, 0.2) is 101 Å². The predicted octanol–water partition coefficient (Wildman–Crippen LogP) is 6.38. The van der Waals surface area contributed by atoms with Crippen LogP contribution in [-0.2, 0) is 10.5 Å². The zero-order valence-corrected chi connectivity index (χ0v) is 19.9. The Hall–Kier alpha value is -3.84. The average molecular weight is 481 g/mol. The molecule has 0 saturated carbocycles. The normalized spacial score (nSPS) is 16.9. The molecular formula is C28H24N4O2S. The first kappa shape index (κ1) is 21.7. The molecule has 7 heteroatoms. The van der Waals surface area contributed by atoms with Crippen molar-refractivity contribution in [2.45, 2.75) is 36.2 Å². The third kappa shape index (κ3) is 4.47. The lowest BCUT2D eigenvalue weighted by Crippen LogP contribution is -2.31. The molecule has 6 nitrogen and oxygen atoms in total. The first-order valence-corrected chi connectivity index (χ1v) is 12.7. The van der Waals surface area contributed by atoms with E-state index in [1.54, 1.807) is 11.8 Å². The molecule has 0 bridgehead atoms. The molecule has 174 valence electrons. The van der Waals surface area contributed by atoms with Gasteiger partial charge in [0, 0.05) is 23.4 Å². The number of thioether (sulfide) groups is 1. The maximum atomic E-state index is 13.1. The summed E-state index contributed by atoms with van der Waals surface area (Å²) in [6.45, 7) is 0. The molecule has 2 heterocycles. The number of allylic oxidation sites excluding steroid dienone is 2. The van der Waals surface area contributed by atoms with E-state index < -0.39 is 0 Å². The second-order valence-electron chi connectivity index (χ2n) is 8.62. The zero-order valence-electron chi connectivity index (χ0n) is 19.1. The van der Waals surface area contributed by atoms with Gasteiger partial charge in [0.15, 0.2) is 5.78 Å². The average Bonchev–Trinajstić information content (AvgIpc) is 3.30. The van der Waals surface area contributed by atoms with Gasteiger partial charge in [-0.3, -0.25) is 4.79 Å². The van der Waals surface area contributed by atoms with Crippen LogP contribution in [0.3, 0.4) is 0 Å². The van der Waals surface area contributed by atoms with Gasteiger partial charge in [-0.15, -0.1) is 5.10 Å². The molecule has 1 unspecified atom stereocenters. The summed E-state index contributed by atoms with van der Waals surface area (Å²) >= 11 is 1.59. The van der Waals surface area contributed by atoms with E-state index in [4.69, 9.17) is 14.8 Å². The Morgan fingerprint density at radius 2 is 1.71 bits per heavy atom. The van der Waals surface area contributed by atoms with Crippen LogP contribution in [-0.4, -0.2) is 20.5 Å². The number of aromatic nitrogens is 3. The van der Waals surface area contributed by atoms with E-state index in [2.05, 4.69) is 17.4 Å². The fraction of sp³-hybridized carbons (Fsp3) is 0.179. The van der Waals surface area contributed by atoms with E-state index in [0.29, 0.717) is 17.5 Å². The maximum absolute atomic E-state index is 13.1. The van der Waals surface area contributed by atoms with Gasteiger partial charge in [0.2, 0.25) is 11.1 Å². The molecule has 1 aromatic heterocycles. The highest BCUT2D eigenvalue weighted by molar-refractivity contribution is 7.98. The van der Waals surface area contributed by atoms with E-state index in [9.17, 15) is 4.79 Å². The Balaban J connectivity index is 1.36. The van der Waals surface area contributed by atoms with E-state index in [1.165, 1.54) is 5.56 Å². The topological polar surface area (TPSA) is 69.0 Å². The van der Waals surface area contributed by atoms with Gasteiger partial charge in [-0.05, 0) is 48.2 Å². The summed E-state index contributed by atoms with van der Waals surface area (Å²) in [5, 5.41) is 8.93. The van der Waals surface area contributed by atoms with Crippen molar-refractivity contribution in [3.8, 4) is 11.5 Å². The minimum Gasteiger partial charge on any atom is -0.457 e.